The van der Waals surface area contributed by atoms with E-state index in [2.05, 4.69) is 14.9 Å². The second kappa shape index (κ2) is 4.44. The first-order valence-electron chi connectivity index (χ1n) is 5.75. The van der Waals surface area contributed by atoms with Gasteiger partial charge in [-0.2, -0.15) is 13.2 Å². The summed E-state index contributed by atoms with van der Waals surface area (Å²) in [5.74, 6) is -1.12. The molecule has 1 aromatic heterocycles. The summed E-state index contributed by atoms with van der Waals surface area (Å²) in [6.45, 7) is 0. The molecule has 0 radical (unpaired) electrons. The first-order chi connectivity index (χ1) is 9.86. The molecule has 108 valence electrons. The Hall–Kier alpha value is -2.64. The molecule has 0 aliphatic carbocycles. The Kier molecular flexibility index (Phi) is 2.82. The largest absolute Gasteiger partial charge is 0.417 e. The Morgan fingerprint density at radius 3 is 2.43 bits per heavy atom. The van der Waals surface area contributed by atoms with Gasteiger partial charge >= 0.3 is 6.18 Å². The smallest absolute Gasteiger partial charge is 0.396 e. The monoisotopic (exact) mass is 297 g/mol. The van der Waals surface area contributed by atoms with Gasteiger partial charge in [-0.25, -0.2) is 9.02 Å². The van der Waals surface area contributed by atoms with E-state index in [1.165, 1.54) is 18.2 Å². The number of rotatable bonds is 1. The van der Waals surface area contributed by atoms with Crippen molar-refractivity contribution in [2.75, 3.05) is 5.73 Å². The molecule has 0 bridgehead atoms. The number of alkyl halides is 3. The molecule has 0 unspecified atom stereocenters. The van der Waals surface area contributed by atoms with Crippen LogP contribution in [-0.4, -0.2) is 10.3 Å². The number of nitrogens with zero attached hydrogens (tertiary/aromatic N) is 2. The van der Waals surface area contributed by atoms with Crippen molar-refractivity contribution in [2.45, 2.75) is 6.18 Å². The van der Waals surface area contributed by atoms with Crippen LogP contribution in [0, 0.1) is 5.82 Å². The SMILES string of the molecule is Nc1cc(-c2ccc3nonc3c2)c(C(F)(F)F)cc1F. The number of benzene rings is 2. The van der Waals surface area contributed by atoms with Crippen LogP contribution in [-0.2, 0) is 6.18 Å². The second-order valence-corrected chi connectivity index (χ2v) is 4.38. The van der Waals surface area contributed by atoms with E-state index in [1.807, 2.05) is 0 Å². The highest BCUT2D eigenvalue weighted by Gasteiger charge is 2.34. The van der Waals surface area contributed by atoms with E-state index in [-0.39, 0.29) is 16.8 Å². The number of anilines is 1. The van der Waals surface area contributed by atoms with Gasteiger partial charge in [-0.05, 0) is 45.7 Å². The van der Waals surface area contributed by atoms with Crippen LogP contribution in [0.1, 0.15) is 5.56 Å². The average Bonchev–Trinajstić information content (AvgIpc) is 2.87. The van der Waals surface area contributed by atoms with Crippen molar-refractivity contribution in [1.29, 1.82) is 0 Å². The summed E-state index contributed by atoms with van der Waals surface area (Å²) in [5, 5.41) is 7.13. The Bertz CT molecular complexity index is 826. The quantitative estimate of drug-likeness (QED) is 0.550. The van der Waals surface area contributed by atoms with Crippen molar-refractivity contribution >= 4 is 16.7 Å². The van der Waals surface area contributed by atoms with Crippen LogP contribution >= 0.6 is 0 Å². The molecule has 0 aliphatic heterocycles. The molecule has 0 fully saturated rings. The van der Waals surface area contributed by atoms with E-state index >= 15 is 0 Å². The summed E-state index contributed by atoms with van der Waals surface area (Å²) in [7, 11) is 0. The molecule has 3 rings (SSSR count). The van der Waals surface area contributed by atoms with Crippen molar-refractivity contribution in [3.63, 3.8) is 0 Å². The Morgan fingerprint density at radius 2 is 1.71 bits per heavy atom. The summed E-state index contributed by atoms with van der Waals surface area (Å²) in [6, 6.07) is 5.58. The predicted octanol–water partition coefficient (Wildman–Crippen LogP) is 3.63. The lowest BCUT2D eigenvalue weighted by molar-refractivity contribution is -0.137. The van der Waals surface area contributed by atoms with Crippen LogP contribution < -0.4 is 5.73 Å². The standard InChI is InChI=1S/C13H7F4N3O/c14-9-5-8(13(15,16)17)7(4-10(9)18)6-1-2-11-12(3-6)20-21-19-11/h1-5H,18H2. The number of aromatic nitrogens is 2. The van der Waals surface area contributed by atoms with E-state index in [0.29, 0.717) is 17.1 Å². The molecular weight excluding hydrogens is 290 g/mol. The topological polar surface area (TPSA) is 64.9 Å². The Labute approximate surface area is 115 Å². The molecule has 1 heterocycles. The first kappa shape index (κ1) is 13.3. The number of halogens is 4. The van der Waals surface area contributed by atoms with Crippen molar-refractivity contribution in [1.82, 2.24) is 10.3 Å². The highest BCUT2D eigenvalue weighted by atomic mass is 19.4. The maximum absolute atomic E-state index is 13.3. The fourth-order valence-electron chi connectivity index (χ4n) is 2.01. The van der Waals surface area contributed by atoms with E-state index in [4.69, 9.17) is 5.73 Å². The fourth-order valence-corrected chi connectivity index (χ4v) is 2.01. The van der Waals surface area contributed by atoms with Gasteiger partial charge in [0.05, 0.1) is 11.3 Å². The van der Waals surface area contributed by atoms with E-state index in [0.717, 1.165) is 6.07 Å². The van der Waals surface area contributed by atoms with Crippen molar-refractivity contribution in [3.05, 3.63) is 41.7 Å². The molecular formula is C13H7F4N3O. The van der Waals surface area contributed by atoms with Crippen molar-refractivity contribution in [2.24, 2.45) is 0 Å². The van der Waals surface area contributed by atoms with Crippen LogP contribution in [0.3, 0.4) is 0 Å². The van der Waals surface area contributed by atoms with Gasteiger partial charge in [0, 0.05) is 0 Å². The van der Waals surface area contributed by atoms with Gasteiger partial charge in [0.1, 0.15) is 16.9 Å². The van der Waals surface area contributed by atoms with Gasteiger partial charge in [-0.1, -0.05) is 6.07 Å². The normalized spacial score (nSPS) is 12.0. The lowest BCUT2D eigenvalue weighted by Gasteiger charge is -2.14. The van der Waals surface area contributed by atoms with E-state index in [1.54, 1.807) is 0 Å². The third-order valence-corrected chi connectivity index (χ3v) is 3.01. The maximum atomic E-state index is 13.3. The van der Waals surface area contributed by atoms with Gasteiger partial charge in [0.25, 0.3) is 0 Å². The van der Waals surface area contributed by atoms with Gasteiger partial charge in [0.2, 0.25) is 0 Å². The van der Waals surface area contributed by atoms with Gasteiger partial charge in [0.15, 0.2) is 0 Å². The summed E-state index contributed by atoms with van der Waals surface area (Å²) in [6.07, 6.45) is -4.71. The van der Waals surface area contributed by atoms with Crippen LogP contribution in [0.15, 0.2) is 35.0 Å². The zero-order chi connectivity index (χ0) is 15.2. The number of nitrogen functional groups attached to an aromatic ring is 1. The number of hydrogen-bond acceptors (Lipinski definition) is 4. The summed E-state index contributed by atoms with van der Waals surface area (Å²) in [5.41, 5.74) is 4.56. The van der Waals surface area contributed by atoms with Crippen LogP contribution in [0.25, 0.3) is 22.2 Å². The third kappa shape index (κ3) is 2.28. The fraction of sp³-hybridized carbons (Fsp3) is 0.0769. The summed E-state index contributed by atoms with van der Waals surface area (Å²) < 4.78 is 57.0. The highest BCUT2D eigenvalue weighted by Crippen LogP contribution is 2.39. The molecule has 2 aromatic carbocycles. The molecule has 21 heavy (non-hydrogen) atoms. The van der Waals surface area contributed by atoms with Crippen LogP contribution in [0.4, 0.5) is 23.2 Å². The molecule has 8 heteroatoms. The highest BCUT2D eigenvalue weighted by molar-refractivity contribution is 5.82. The molecule has 0 spiro atoms. The maximum Gasteiger partial charge on any atom is 0.417 e. The molecule has 2 N–H and O–H groups in total. The molecule has 3 aromatic rings. The number of hydrogen-bond donors (Lipinski definition) is 1. The molecule has 0 saturated carbocycles. The van der Waals surface area contributed by atoms with Crippen LogP contribution in [0.5, 0.6) is 0 Å². The average molecular weight is 297 g/mol. The second-order valence-electron chi connectivity index (χ2n) is 4.38. The Morgan fingerprint density at radius 1 is 1.00 bits per heavy atom. The summed E-state index contributed by atoms with van der Waals surface area (Å²) >= 11 is 0. The zero-order valence-electron chi connectivity index (χ0n) is 10.3. The molecule has 0 atom stereocenters. The minimum Gasteiger partial charge on any atom is -0.396 e. The van der Waals surface area contributed by atoms with E-state index in [9.17, 15) is 17.6 Å². The number of fused-ring (bicyclic) bond motifs is 1. The summed E-state index contributed by atoms with van der Waals surface area (Å²) in [4.78, 5) is 0. The Balaban J connectivity index is 2.27. The minimum atomic E-state index is -4.71. The lowest BCUT2D eigenvalue weighted by Crippen LogP contribution is -2.09. The van der Waals surface area contributed by atoms with Gasteiger partial charge < -0.3 is 5.73 Å². The number of nitrogens with two attached hydrogens (primary N) is 1. The first-order valence-corrected chi connectivity index (χ1v) is 5.75. The van der Waals surface area contributed by atoms with Gasteiger partial charge in [-0.3, -0.25) is 0 Å². The molecule has 4 nitrogen and oxygen atoms in total. The van der Waals surface area contributed by atoms with Crippen molar-refractivity contribution in [3.8, 4) is 11.1 Å². The van der Waals surface area contributed by atoms with Crippen molar-refractivity contribution < 1.29 is 22.2 Å². The van der Waals surface area contributed by atoms with E-state index < -0.39 is 17.6 Å². The lowest BCUT2D eigenvalue weighted by atomic mass is 9.98. The zero-order valence-corrected chi connectivity index (χ0v) is 10.3. The molecule has 0 aliphatic rings. The predicted molar refractivity (Wildman–Crippen MR) is 66.6 cm³/mol. The van der Waals surface area contributed by atoms with Gasteiger partial charge in [-0.15, -0.1) is 0 Å². The molecule has 0 saturated heterocycles. The minimum absolute atomic E-state index is 0.192. The van der Waals surface area contributed by atoms with Crippen LogP contribution in [0.2, 0.25) is 0 Å². The third-order valence-electron chi connectivity index (χ3n) is 3.01. The molecule has 0 amide bonds.